The second-order valence-electron chi connectivity index (χ2n) is 9.73. The number of nitrogen functional groups attached to an aromatic ring is 1. The lowest BCUT2D eigenvalue weighted by Gasteiger charge is -2.29. The number of nitro groups is 1. The highest BCUT2D eigenvalue weighted by Crippen LogP contribution is 2.42. The number of rotatable bonds is 7. The van der Waals surface area contributed by atoms with Gasteiger partial charge >= 0.3 is 11.9 Å². The highest BCUT2D eigenvalue weighted by molar-refractivity contribution is 7.92. The van der Waals surface area contributed by atoms with E-state index in [0.717, 1.165) is 5.54 Å². The van der Waals surface area contributed by atoms with Crippen LogP contribution in [0.1, 0.15) is 36.6 Å². The molecule has 0 fully saturated rings. The van der Waals surface area contributed by atoms with Crippen molar-refractivity contribution in [3.8, 4) is 0 Å². The van der Waals surface area contributed by atoms with Crippen LogP contribution in [0.3, 0.4) is 0 Å². The SMILES string of the molecule is COC(=O)C1=C(C)NC(C)=C(C(=O)OC)C1c1ccccc1[N+](=O)[O-].Cc1noc(NS(=O)(=O)c2ccc(N)cc2)c1C.ClC=C(Cl)Cl. The zero-order chi connectivity index (χ0) is 36.3. The standard InChI is InChI=1S/C17H18N2O6.C11H13N3O3S.C2HCl3/c1-9-13(16(20)24-3)15(14(10(2)18-9)17(21)25-4)11-7-5-6-8-12(11)19(22)23;1-7-8(2)13-17-11(7)14-18(15,16)10-5-3-9(12)4-6-10;3-1-2(4)5/h5-8,15,18H,1-4H3;3-6,14H,12H2,1-2H3;1H. The summed E-state index contributed by atoms with van der Waals surface area (Å²) >= 11 is 14.8. The van der Waals surface area contributed by atoms with E-state index < -0.39 is 32.8 Å². The Kier molecular flexibility index (Phi) is 14.5. The van der Waals surface area contributed by atoms with E-state index in [4.69, 9.17) is 54.5 Å². The molecule has 0 atom stereocenters. The minimum atomic E-state index is -3.68. The molecule has 0 aliphatic carbocycles. The van der Waals surface area contributed by atoms with Crippen LogP contribution in [-0.2, 0) is 29.1 Å². The molecule has 4 N–H and O–H groups in total. The van der Waals surface area contributed by atoms with Crippen molar-refractivity contribution in [1.82, 2.24) is 10.5 Å². The summed E-state index contributed by atoms with van der Waals surface area (Å²) in [5, 5.41) is 18.1. The summed E-state index contributed by atoms with van der Waals surface area (Å²) in [6.07, 6.45) is 0. The number of aryl methyl sites for hydroxylation is 1. The predicted octanol–water partition coefficient (Wildman–Crippen LogP) is 6.35. The van der Waals surface area contributed by atoms with Crippen molar-refractivity contribution >= 4 is 74.0 Å². The molecular weight excluding hydrogens is 713 g/mol. The molecule has 14 nitrogen and oxygen atoms in total. The molecule has 2 aromatic carbocycles. The van der Waals surface area contributed by atoms with Crippen molar-refractivity contribution in [1.29, 1.82) is 0 Å². The lowest BCUT2D eigenvalue weighted by Crippen LogP contribution is -2.32. The summed E-state index contributed by atoms with van der Waals surface area (Å²) < 4.78 is 41.1. The number of anilines is 2. The summed E-state index contributed by atoms with van der Waals surface area (Å²) in [6, 6.07) is 11.9. The van der Waals surface area contributed by atoms with E-state index in [1.165, 1.54) is 56.7 Å². The average Bonchev–Trinajstić information content (AvgIpc) is 3.36. The highest BCUT2D eigenvalue weighted by atomic mass is 35.5. The number of sulfonamides is 1. The van der Waals surface area contributed by atoms with Gasteiger partial charge in [0.25, 0.3) is 15.7 Å². The van der Waals surface area contributed by atoms with Gasteiger partial charge in [-0.3, -0.25) is 10.1 Å². The summed E-state index contributed by atoms with van der Waals surface area (Å²) in [7, 11) is -1.26. The number of allylic oxidation sites excluding steroid dienone is 2. The summed E-state index contributed by atoms with van der Waals surface area (Å²) in [5.41, 5.74) is 9.59. The molecule has 1 aliphatic heterocycles. The summed E-state index contributed by atoms with van der Waals surface area (Å²) in [4.78, 5) is 35.7. The maximum Gasteiger partial charge on any atom is 0.336 e. The number of aromatic nitrogens is 1. The maximum absolute atomic E-state index is 12.3. The Bertz CT molecular complexity index is 1830. The van der Waals surface area contributed by atoms with E-state index in [-0.39, 0.29) is 37.7 Å². The summed E-state index contributed by atoms with van der Waals surface area (Å²) in [6.45, 7) is 6.75. The Labute approximate surface area is 291 Å². The van der Waals surface area contributed by atoms with E-state index in [1.54, 1.807) is 33.8 Å². The normalized spacial score (nSPS) is 12.8. The van der Waals surface area contributed by atoms with Crippen molar-refractivity contribution in [2.24, 2.45) is 0 Å². The Morgan fingerprint density at radius 1 is 1.00 bits per heavy atom. The number of ether oxygens (including phenoxy) is 2. The van der Waals surface area contributed by atoms with E-state index in [2.05, 4.69) is 15.2 Å². The van der Waals surface area contributed by atoms with Crippen molar-refractivity contribution in [3.63, 3.8) is 0 Å². The first-order valence-electron chi connectivity index (χ1n) is 13.5. The first-order valence-corrected chi connectivity index (χ1v) is 16.2. The minimum Gasteiger partial charge on any atom is -0.466 e. The Morgan fingerprint density at radius 3 is 1.92 bits per heavy atom. The number of nitro benzene ring substituents is 1. The van der Waals surface area contributed by atoms with E-state index >= 15 is 0 Å². The molecule has 0 radical (unpaired) electrons. The van der Waals surface area contributed by atoms with Crippen molar-refractivity contribution in [2.75, 3.05) is 24.7 Å². The lowest BCUT2D eigenvalue weighted by atomic mass is 9.79. The third-order valence-electron chi connectivity index (χ3n) is 6.67. The number of hydrogen-bond donors (Lipinski definition) is 3. The molecule has 1 aliphatic rings. The van der Waals surface area contributed by atoms with Crippen LogP contribution in [0.2, 0.25) is 0 Å². The number of halogens is 3. The number of nitrogens with two attached hydrogens (primary N) is 1. The number of dihydropyridines is 1. The number of nitrogens with one attached hydrogen (secondary N) is 2. The van der Waals surface area contributed by atoms with Crippen LogP contribution in [0.15, 0.2) is 90.5 Å². The zero-order valence-electron chi connectivity index (χ0n) is 26.5. The van der Waals surface area contributed by atoms with Gasteiger partial charge in [-0.15, -0.1) is 0 Å². The molecule has 2 heterocycles. The maximum atomic E-state index is 12.3. The van der Waals surface area contributed by atoms with Gasteiger partial charge in [-0.2, -0.15) is 0 Å². The monoisotopic (exact) mass is 743 g/mol. The smallest absolute Gasteiger partial charge is 0.336 e. The topological polar surface area (TPSA) is 206 Å². The predicted molar refractivity (Wildman–Crippen MR) is 182 cm³/mol. The third-order valence-corrected chi connectivity index (χ3v) is 8.68. The van der Waals surface area contributed by atoms with Crippen LogP contribution in [-0.4, -0.2) is 44.7 Å². The first-order chi connectivity index (χ1) is 22.5. The first kappa shape index (κ1) is 39.6. The van der Waals surface area contributed by atoms with Gasteiger partial charge in [0.05, 0.1) is 46.8 Å². The van der Waals surface area contributed by atoms with E-state index in [9.17, 15) is 28.1 Å². The molecule has 0 unspecified atom stereocenters. The van der Waals surface area contributed by atoms with E-state index in [0.29, 0.717) is 28.3 Å². The minimum absolute atomic E-state index is 0.0895. The van der Waals surface area contributed by atoms with Crippen molar-refractivity contribution in [2.45, 2.75) is 38.5 Å². The van der Waals surface area contributed by atoms with Crippen LogP contribution < -0.4 is 15.8 Å². The van der Waals surface area contributed by atoms with Crippen LogP contribution in [0, 0.1) is 24.0 Å². The second-order valence-corrected chi connectivity index (χ2v) is 12.6. The van der Waals surface area contributed by atoms with Crippen LogP contribution in [0.5, 0.6) is 0 Å². The molecule has 0 saturated carbocycles. The van der Waals surface area contributed by atoms with Crippen molar-refractivity contribution in [3.05, 3.63) is 108 Å². The number of esters is 2. The molecule has 48 heavy (non-hydrogen) atoms. The number of benzene rings is 2. The fraction of sp³-hybridized carbons (Fsp3) is 0.233. The van der Waals surface area contributed by atoms with Gasteiger partial charge in [0.1, 0.15) is 4.49 Å². The van der Waals surface area contributed by atoms with Gasteiger partial charge in [-0.05, 0) is 52.0 Å². The van der Waals surface area contributed by atoms with Crippen LogP contribution >= 0.6 is 34.8 Å². The number of para-hydroxylation sites is 1. The highest BCUT2D eigenvalue weighted by Gasteiger charge is 2.40. The average molecular weight is 745 g/mol. The quantitative estimate of drug-likeness (QED) is 0.105. The van der Waals surface area contributed by atoms with Crippen LogP contribution in [0.25, 0.3) is 0 Å². The number of carbonyl (C=O) groups excluding carboxylic acids is 2. The molecule has 258 valence electrons. The molecule has 1 aromatic heterocycles. The zero-order valence-corrected chi connectivity index (χ0v) is 29.5. The molecule has 0 bridgehead atoms. The van der Waals surface area contributed by atoms with Crippen molar-refractivity contribution < 1.29 is 36.9 Å². The molecular formula is C30H32Cl3N5O9S. The van der Waals surface area contributed by atoms with E-state index in [1.807, 2.05) is 0 Å². The Balaban J connectivity index is 0.000000303. The molecule has 0 spiro atoms. The third kappa shape index (κ3) is 9.97. The lowest BCUT2D eigenvalue weighted by molar-refractivity contribution is -0.385. The van der Waals surface area contributed by atoms with Gasteiger partial charge in [0, 0.05) is 39.8 Å². The Morgan fingerprint density at radius 2 is 1.50 bits per heavy atom. The number of hydrogen-bond acceptors (Lipinski definition) is 12. The molecule has 3 aromatic rings. The summed E-state index contributed by atoms with van der Waals surface area (Å²) in [5.74, 6) is -2.20. The Hall–Kier alpha value is -4.57. The largest absolute Gasteiger partial charge is 0.466 e. The molecule has 4 rings (SSSR count). The fourth-order valence-corrected chi connectivity index (χ4v) is 5.35. The van der Waals surface area contributed by atoms with Gasteiger partial charge < -0.3 is 25.0 Å². The molecule has 0 saturated heterocycles. The molecule has 18 heteroatoms. The van der Waals surface area contributed by atoms with Crippen LogP contribution in [0.4, 0.5) is 17.3 Å². The van der Waals surface area contributed by atoms with Gasteiger partial charge in [0.2, 0.25) is 5.88 Å². The number of nitrogens with zero attached hydrogens (tertiary/aromatic N) is 2. The van der Waals surface area contributed by atoms with Gasteiger partial charge in [0.15, 0.2) is 0 Å². The number of carbonyl (C=O) groups is 2. The van der Waals surface area contributed by atoms with Gasteiger partial charge in [-0.1, -0.05) is 58.2 Å². The molecule has 0 amide bonds. The van der Waals surface area contributed by atoms with Gasteiger partial charge in [-0.25, -0.2) is 22.7 Å². The second kappa shape index (κ2) is 17.5. The fourth-order valence-electron chi connectivity index (χ4n) is 4.30. The number of methoxy groups -OCH3 is 2.